The molecule has 0 N–H and O–H groups in total. The minimum Gasteiger partial charge on any atom is -0.356 e. The van der Waals surface area contributed by atoms with Gasteiger partial charge < -0.3 is 9.80 Å². The molecule has 0 amide bonds. The normalized spacial score (nSPS) is 16.8. The van der Waals surface area contributed by atoms with Crippen LogP contribution in [0.2, 0.25) is 0 Å². The van der Waals surface area contributed by atoms with Crippen LogP contribution in [0.25, 0.3) is 0 Å². The summed E-state index contributed by atoms with van der Waals surface area (Å²) < 4.78 is 0. The first-order valence-corrected chi connectivity index (χ1v) is 12.0. The SMILES string of the molecule is CCCCCCCCCCCCCCCN1C=CN(CCCCC)C1C. The second kappa shape index (κ2) is 16.5. The first-order valence-electron chi connectivity index (χ1n) is 12.0. The lowest BCUT2D eigenvalue weighted by molar-refractivity contribution is 0.165. The Kier molecular flexibility index (Phi) is 14.8. The maximum absolute atomic E-state index is 2.53. The molecule has 0 radical (unpaired) electrons. The van der Waals surface area contributed by atoms with Gasteiger partial charge in [-0.05, 0) is 19.8 Å². The van der Waals surface area contributed by atoms with E-state index in [9.17, 15) is 0 Å². The molecule has 1 aliphatic rings. The van der Waals surface area contributed by atoms with Crippen molar-refractivity contribution in [3.05, 3.63) is 12.4 Å². The van der Waals surface area contributed by atoms with Crippen LogP contribution in [-0.4, -0.2) is 29.1 Å². The lowest BCUT2D eigenvalue weighted by Crippen LogP contribution is -2.36. The van der Waals surface area contributed by atoms with Crippen molar-refractivity contribution in [3.63, 3.8) is 0 Å². The third kappa shape index (κ3) is 11.1. The monoisotopic (exact) mass is 364 g/mol. The molecule has 1 heterocycles. The van der Waals surface area contributed by atoms with Crippen molar-refractivity contribution in [3.8, 4) is 0 Å². The van der Waals surface area contributed by atoms with Crippen LogP contribution in [0.5, 0.6) is 0 Å². The molecule has 0 aromatic heterocycles. The highest BCUT2D eigenvalue weighted by Gasteiger charge is 2.20. The number of hydrogen-bond acceptors (Lipinski definition) is 2. The summed E-state index contributed by atoms with van der Waals surface area (Å²) in [5, 5.41) is 0. The van der Waals surface area contributed by atoms with Gasteiger partial charge in [0.05, 0.1) is 6.17 Å². The van der Waals surface area contributed by atoms with Crippen LogP contribution in [0, 0.1) is 0 Å². The van der Waals surface area contributed by atoms with Crippen molar-refractivity contribution in [2.45, 2.75) is 130 Å². The third-order valence-corrected chi connectivity index (χ3v) is 5.95. The molecule has 1 unspecified atom stereocenters. The van der Waals surface area contributed by atoms with Crippen LogP contribution in [0.3, 0.4) is 0 Å². The lowest BCUT2D eigenvalue weighted by Gasteiger charge is -2.29. The van der Waals surface area contributed by atoms with E-state index in [0.29, 0.717) is 6.17 Å². The molecule has 1 atom stereocenters. The van der Waals surface area contributed by atoms with E-state index >= 15 is 0 Å². The molecule has 0 fully saturated rings. The fourth-order valence-corrected chi connectivity index (χ4v) is 3.99. The maximum atomic E-state index is 2.53. The van der Waals surface area contributed by atoms with Crippen molar-refractivity contribution in [1.82, 2.24) is 9.80 Å². The van der Waals surface area contributed by atoms with Crippen LogP contribution >= 0.6 is 0 Å². The van der Waals surface area contributed by atoms with Gasteiger partial charge in [0.25, 0.3) is 0 Å². The van der Waals surface area contributed by atoms with Crippen LogP contribution in [0.1, 0.15) is 124 Å². The van der Waals surface area contributed by atoms with E-state index < -0.39 is 0 Å². The predicted molar refractivity (Wildman–Crippen MR) is 117 cm³/mol. The molecule has 154 valence electrons. The van der Waals surface area contributed by atoms with Gasteiger partial charge in [0, 0.05) is 25.5 Å². The average Bonchev–Trinajstić information content (AvgIpc) is 2.99. The zero-order valence-corrected chi connectivity index (χ0v) is 18.4. The minimum absolute atomic E-state index is 0.573. The standard InChI is InChI=1S/C24H48N2/c1-4-6-8-9-10-11-12-13-14-15-16-17-19-21-26-23-22-25(24(26)3)20-18-7-5-2/h22-24H,4-21H2,1-3H3. The van der Waals surface area contributed by atoms with Crippen LogP contribution in [0.15, 0.2) is 12.4 Å². The van der Waals surface area contributed by atoms with Crippen molar-refractivity contribution in [1.29, 1.82) is 0 Å². The molecule has 1 aliphatic heterocycles. The van der Waals surface area contributed by atoms with Gasteiger partial charge in [0.15, 0.2) is 0 Å². The predicted octanol–water partition coefficient (Wildman–Crippen LogP) is 7.70. The Morgan fingerprint density at radius 2 is 0.808 bits per heavy atom. The molecule has 1 rings (SSSR count). The summed E-state index contributed by atoms with van der Waals surface area (Å²) in [7, 11) is 0. The van der Waals surface area contributed by atoms with Gasteiger partial charge in [0.2, 0.25) is 0 Å². The molecule has 26 heavy (non-hydrogen) atoms. The number of rotatable bonds is 18. The Labute approximate surface area is 165 Å². The van der Waals surface area contributed by atoms with E-state index in [0.717, 1.165) is 0 Å². The Morgan fingerprint density at radius 1 is 0.500 bits per heavy atom. The molecule has 0 aromatic rings. The molecule has 0 bridgehead atoms. The third-order valence-electron chi connectivity index (χ3n) is 5.95. The Balaban J connectivity index is 1.85. The zero-order chi connectivity index (χ0) is 18.9. The van der Waals surface area contributed by atoms with Crippen LogP contribution in [-0.2, 0) is 0 Å². The second-order valence-electron chi connectivity index (χ2n) is 8.36. The molecule has 2 heteroatoms. The van der Waals surface area contributed by atoms with E-state index in [1.807, 2.05) is 0 Å². The highest BCUT2D eigenvalue weighted by Crippen LogP contribution is 2.18. The summed E-state index contributed by atoms with van der Waals surface area (Å²) in [6, 6.07) is 0. The highest BCUT2D eigenvalue weighted by molar-refractivity contribution is 4.95. The first-order chi connectivity index (χ1) is 12.8. The maximum Gasteiger partial charge on any atom is 0.0977 e. The average molecular weight is 365 g/mol. The minimum atomic E-state index is 0.573. The highest BCUT2D eigenvalue weighted by atomic mass is 15.4. The van der Waals surface area contributed by atoms with Gasteiger partial charge in [-0.2, -0.15) is 0 Å². The van der Waals surface area contributed by atoms with Gasteiger partial charge in [-0.25, -0.2) is 0 Å². The summed E-state index contributed by atoms with van der Waals surface area (Å²) in [4.78, 5) is 5.04. The fourth-order valence-electron chi connectivity index (χ4n) is 3.99. The smallest absolute Gasteiger partial charge is 0.0977 e. The van der Waals surface area contributed by atoms with E-state index in [2.05, 4.69) is 43.0 Å². The van der Waals surface area contributed by atoms with E-state index in [4.69, 9.17) is 0 Å². The summed E-state index contributed by atoms with van der Waals surface area (Å²) in [6.07, 6.45) is 27.9. The quantitative estimate of drug-likeness (QED) is 0.230. The molecule has 0 saturated heterocycles. The van der Waals surface area contributed by atoms with Gasteiger partial charge >= 0.3 is 0 Å². The van der Waals surface area contributed by atoms with Crippen LogP contribution in [0.4, 0.5) is 0 Å². The van der Waals surface area contributed by atoms with Crippen molar-refractivity contribution < 1.29 is 0 Å². The van der Waals surface area contributed by atoms with Gasteiger partial charge in [-0.1, -0.05) is 104 Å². The summed E-state index contributed by atoms with van der Waals surface area (Å²) >= 11 is 0. The largest absolute Gasteiger partial charge is 0.356 e. The Morgan fingerprint density at radius 3 is 1.23 bits per heavy atom. The molecular weight excluding hydrogens is 316 g/mol. The Bertz CT molecular complexity index is 326. The lowest BCUT2D eigenvalue weighted by atomic mass is 10.0. The topological polar surface area (TPSA) is 6.48 Å². The second-order valence-corrected chi connectivity index (χ2v) is 8.36. The summed E-state index contributed by atoms with van der Waals surface area (Å²) in [5.41, 5.74) is 0. The molecule has 0 saturated carbocycles. The van der Waals surface area contributed by atoms with Gasteiger partial charge in [-0.3, -0.25) is 0 Å². The Hall–Kier alpha value is -0.660. The first kappa shape index (κ1) is 23.4. The van der Waals surface area contributed by atoms with E-state index in [-0.39, 0.29) is 0 Å². The fraction of sp³-hybridized carbons (Fsp3) is 0.917. The molecule has 2 nitrogen and oxygen atoms in total. The molecule has 0 aromatic carbocycles. The van der Waals surface area contributed by atoms with E-state index in [1.54, 1.807) is 0 Å². The van der Waals surface area contributed by atoms with Gasteiger partial charge in [0.1, 0.15) is 0 Å². The summed E-state index contributed by atoms with van der Waals surface area (Å²) in [5.74, 6) is 0. The zero-order valence-electron chi connectivity index (χ0n) is 18.4. The van der Waals surface area contributed by atoms with Crippen LogP contribution < -0.4 is 0 Å². The van der Waals surface area contributed by atoms with Crippen molar-refractivity contribution in [2.24, 2.45) is 0 Å². The summed E-state index contributed by atoms with van der Waals surface area (Å²) in [6.45, 7) is 9.39. The van der Waals surface area contributed by atoms with Gasteiger partial charge in [-0.15, -0.1) is 0 Å². The molecular formula is C24H48N2. The van der Waals surface area contributed by atoms with E-state index in [1.165, 1.54) is 116 Å². The number of nitrogens with zero attached hydrogens (tertiary/aromatic N) is 2. The van der Waals surface area contributed by atoms with Crippen molar-refractivity contribution >= 4 is 0 Å². The van der Waals surface area contributed by atoms with Crippen molar-refractivity contribution in [2.75, 3.05) is 13.1 Å². The number of hydrogen-bond donors (Lipinski definition) is 0. The number of unbranched alkanes of at least 4 members (excludes halogenated alkanes) is 14. The molecule has 0 spiro atoms. The molecule has 0 aliphatic carbocycles.